The maximum absolute atomic E-state index is 14.0. The first kappa shape index (κ1) is 18.8. The van der Waals surface area contributed by atoms with Crippen LogP contribution in [0, 0.1) is 11.7 Å². The summed E-state index contributed by atoms with van der Waals surface area (Å²) in [7, 11) is 1.44. The summed E-state index contributed by atoms with van der Waals surface area (Å²) in [5, 5.41) is 6.70. The third kappa shape index (κ3) is 4.07. The second-order valence-corrected chi connectivity index (χ2v) is 6.19. The fourth-order valence-electron chi connectivity index (χ4n) is 3.05. The van der Waals surface area contributed by atoms with E-state index >= 15 is 0 Å². The lowest BCUT2D eigenvalue weighted by Gasteiger charge is -2.30. The maximum atomic E-state index is 14.0. The molecule has 2 aromatic heterocycles. The molecule has 1 saturated heterocycles. The molecule has 27 heavy (non-hydrogen) atoms. The van der Waals surface area contributed by atoms with Crippen molar-refractivity contribution in [3.8, 4) is 17.1 Å². The number of aromatic nitrogens is 3. The zero-order chi connectivity index (χ0) is 19.4. The van der Waals surface area contributed by atoms with Crippen LogP contribution in [-0.2, 0) is 9.53 Å². The van der Waals surface area contributed by atoms with E-state index in [9.17, 15) is 14.0 Å². The van der Waals surface area contributed by atoms with E-state index in [4.69, 9.17) is 9.47 Å². The van der Waals surface area contributed by atoms with Gasteiger partial charge in [0, 0.05) is 24.7 Å². The average Bonchev–Trinajstić information content (AvgIpc) is 3.18. The summed E-state index contributed by atoms with van der Waals surface area (Å²) in [5.74, 6) is -0.944. The molecule has 1 N–H and O–H groups in total. The highest BCUT2D eigenvalue weighted by Crippen LogP contribution is 2.25. The summed E-state index contributed by atoms with van der Waals surface area (Å²) >= 11 is 0. The largest absolute Gasteiger partial charge is 0.481 e. The van der Waals surface area contributed by atoms with Crippen LogP contribution in [0.15, 0.2) is 18.3 Å². The predicted molar refractivity (Wildman–Crippen MR) is 93.6 cm³/mol. The Balaban J connectivity index is 1.69. The quantitative estimate of drug-likeness (QED) is 0.802. The van der Waals surface area contributed by atoms with E-state index in [0.29, 0.717) is 38.2 Å². The molecule has 0 bridgehead atoms. The zero-order valence-electron chi connectivity index (χ0n) is 15.2. The Morgan fingerprint density at radius 2 is 2.07 bits per heavy atom. The number of aromatic amines is 1. The van der Waals surface area contributed by atoms with Crippen molar-refractivity contribution < 1.29 is 23.5 Å². The van der Waals surface area contributed by atoms with Gasteiger partial charge in [-0.25, -0.2) is 9.37 Å². The van der Waals surface area contributed by atoms with E-state index in [1.165, 1.54) is 19.2 Å². The van der Waals surface area contributed by atoms with E-state index in [2.05, 4.69) is 15.2 Å². The van der Waals surface area contributed by atoms with Gasteiger partial charge in [0.15, 0.2) is 11.5 Å². The molecule has 0 radical (unpaired) electrons. The van der Waals surface area contributed by atoms with Crippen LogP contribution in [0.1, 0.15) is 30.3 Å². The van der Waals surface area contributed by atoms with Gasteiger partial charge < -0.3 is 14.4 Å². The Morgan fingerprint density at radius 3 is 2.74 bits per heavy atom. The van der Waals surface area contributed by atoms with Gasteiger partial charge in [0.2, 0.25) is 5.88 Å². The second-order valence-electron chi connectivity index (χ2n) is 6.19. The number of carbonyl (C=O) groups is 2. The monoisotopic (exact) mass is 376 g/mol. The standard InChI is InChI=1S/C18H21FN4O4/c1-3-27-18(25)11-4-6-23(7-5-11)17(24)15-9-14(21-22-15)12-8-16(26-2)20-10-13(12)19/h8-11H,3-7H2,1-2H3,(H,21,22). The van der Waals surface area contributed by atoms with Crippen LogP contribution in [0.4, 0.5) is 4.39 Å². The van der Waals surface area contributed by atoms with Gasteiger partial charge in [-0.3, -0.25) is 14.7 Å². The smallest absolute Gasteiger partial charge is 0.309 e. The second kappa shape index (κ2) is 8.15. The lowest BCUT2D eigenvalue weighted by Crippen LogP contribution is -2.40. The third-order valence-electron chi connectivity index (χ3n) is 4.53. The number of esters is 1. The fraction of sp³-hybridized carbons (Fsp3) is 0.444. The Hall–Kier alpha value is -2.97. The molecule has 0 spiro atoms. The van der Waals surface area contributed by atoms with E-state index < -0.39 is 5.82 Å². The van der Waals surface area contributed by atoms with E-state index in [1.54, 1.807) is 11.8 Å². The van der Waals surface area contributed by atoms with Gasteiger partial charge in [0.1, 0.15) is 0 Å². The van der Waals surface area contributed by atoms with Gasteiger partial charge in [-0.15, -0.1) is 0 Å². The van der Waals surface area contributed by atoms with Crippen molar-refractivity contribution in [3.63, 3.8) is 0 Å². The highest BCUT2D eigenvalue weighted by Gasteiger charge is 2.29. The number of methoxy groups -OCH3 is 1. The van der Waals surface area contributed by atoms with Gasteiger partial charge in [0.05, 0.1) is 31.5 Å². The van der Waals surface area contributed by atoms with Crippen molar-refractivity contribution in [2.24, 2.45) is 5.92 Å². The lowest BCUT2D eigenvalue weighted by molar-refractivity contribution is -0.149. The number of piperidine rings is 1. The number of carbonyl (C=O) groups excluding carboxylic acids is 2. The van der Waals surface area contributed by atoms with Crippen LogP contribution in [0.5, 0.6) is 5.88 Å². The summed E-state index contributed by atoms with van der Waals surface area (Å²) in [6.07, 6.45) is 2.16. The highest BCUT2D eigenvalue weighted by atomic mass is 19.1. The third-order valence-corrected chi connectivity index (χ3v) is 4.53. The van der Waals surface area contributed by atoms with E-state index in [0.717, 1.165) is 6.20 Å². The van der Waals surface area contributed by atoms with Crippen LogP contribution in [0.3, 0.4) is 0 Å². The molecule has 9 heteroatoms. The summed E-state index contributed by atoms with van der Waals surface area (Å²) in [4.78, 5) is 29.9. The Morgan fingerprint density at radius 1 is 1.33 bits per heavy atom. The molecular formula is C18H21FN4O4. The zero-order valence-corrected chi connectivity index (χ0v) is 15.2. The Bertz CT molecular complexity index is 831. The number of H-pyrrole nitrogens is 1. The van der Waals surface area contributed by atoms with Crippen molar-refractivity contribution in [1.29, 1.82) is 0 Å². The number of hydrogen-bond acceptors (Lipinski definition) is 6. The number of amides is 1. The Kier molecular flexibility index (Phi) is 5.68. The van der Waals surface area contributed by atoms with Gasteiger partial charge in [-0.1, -0.05) is 0 Å². The first-order valence-electron chi connectivity index (χ1n) is 8.74. The number of hydrogen-bond donors (Lipinski definition) is 1. The number of rotatable bonds is 5. The van der Waals surface area contributed by atoms with Crippen LogP contribution in [-0.4, -0.2) is 58.8 Å². The minimum atomic E-state index is -0.548. The van der Waals surface area contributed by atoms with Crippen molar-refractivity contribution in [2.75, 3.05) is 26.8 Å². The molecule has 1 aliphatic rings. The number of ether oxygens (including phenoxy) is 2. The summed E-state index contributed by atoms with van der Waals surface area (Å²) in [6, 6.07) is 2.93. The molecule has 1 amide bonds. The van der Waals surface area contributed by atoms with Gasteiger partial charge in [-0.2, -0.15) is 5.10 Å². The van der Waals surface area contributed by atoms with Crippen LogP contribution >= 0.6 is 0 Å². The highest BCUT2D eigenvalue weighted by molar-refractivity contribution is 5.93. The first-order valence-corrected chi connectivity index (χ1v) is 8.74. The maximum Gasteiger partial charge on any atom is 0.309 e. The fourth-order valence-corrected chi connectivity index (χ4v) is 3.05. The van der Waals surface area contributed by atoms with Crippen molar-refractivity contribution >= 4 is 11.9 Å². The molecule has 3 rings (SSSR count). The van der Waals surface area contributed by atoms with E-state index in [1.807, 2.05) is 0 Å². The van der Waals surface area contributed by atoms with Gasteiger partial charge in [-0.05, 0) is 25.8 Å². The van der Waals surface area contributed by atoms with Crippen molar-refractivity contribution in [2.45, 2.75) is 19.8 Å². The first-order chi connectivity index (χ1) is 13.0. The van der Waals surface area contributed by atoms with Crippen molar-refractivity contribution in [3.05, 3.63) is 29.8 Å². The number of halogens is 1. The van der Waals surface area contributed by atoms with Gasteiger partial charge in [0.25, 0.3) is 5.91 Å². The average molecular weight is 376 g/mol. The van der Waals surface area contributed by atoms with Crippen molar-refractivity contribution in [1.82, 2.24) is 20.1 Å². The summed E-state index contributed by atoms with van der Waals surface area (Å²) in [6.45, 7) is 3.02. The molecule has 1 fully saturated rings. The topological polar surface area (TPSA) is 97.4 Å². The lowest BCUT2D eigenvalue weighted by atomic mass is 9.97. The summed E-state index contributed by atoms with van der Waals surface area (Å²) < 4.78 is 24.1. The molecule has 144 valence electrons. The van der Waals surface area contributed by atoms with Gasteiger partial charge >= 0.3 is 5.97 Å². The minimum absolute atomic E-state index is 0.179. The molecule has 0 aliphatic carbocycles. The number of nitrogens with one attached hydrogen (secondary N) is 1. The molecule has 3 heterocycles. The molecule has 0 saturated carbocycles. The predicted octanol–water partition coefficient (Wildman–Crippen LogP) is 2.03. The normalized spacial score (nSPS) is 14.9. The SMILES string of the molecule is CCOC(=O)C1CCN(C(=O)c2cc(-c3cc(OC)ncc3F)[nH]n2)CC1. The molecule has 1 aliphatic heterocycles. The number of likely N-dealkylation sites (tertiary alicyclic amines) is 1. The molecule has 0 unspecified atom stereocenters. The minimum Gasteiger partial charge on any atom is -0.481 e. The molecular weight excluding hydrogens is 355 g/mol. The molecule has 8 nitrogen and oxygen atoms in total. The van der Waals surface area contributed by atoms with Crippen LogP contribution in [0.25, 0.3) is 11.3 Å². The summed E-state index contributed by atoms with van der Waals surface area (Å²) in [5.41, 5.74) is 0.766. The molecule has 2 aromatic rings. The number of pyridine rings is 1. The Labute approximate surface area is 155 Å². The van der Waals surface area contributed by atoms with E-state index in [-0.39, 0.29) is 34.9 Å². The molecule has 0 atom stereocenters. The molecule has 0 aromatic carbocycles. The van der Waals surface area contributed by atoms with Crippen LogP contribution < -0.4 is 4.74 Å². The number of nitrogens with zero attached hydrogens (tertiary/aromatic N) is 3. The van der Waals surface area contributed by atoms with Crippen LogP contribution in [0.2, 0.25) is 0 Å².